The zero-order valence-corrected chi connectivity index (χ0v) is 12.3. The molecule has 114 valence electrons. The molecule has 0 heterocycles. The first-order chi connectivity index (χ1) is 9.60. The predicted octanol–water partition coefficient (Wildman–Crippen LogP) is 3.25. The average molecular weight is 281 g/mol. The first-order valence-electron chi connectivity index (χ1n) is 8.12. The Kier molecular flexibility index (Phi) is 5.44. The van der Waals surface area contributed by atoms with Crippen LogP contribution in [0.4, 0.5) is 0 Å². The van der Waals surface area contributed by atoms with E-state index in [9.17, 15) is 9.59 Å². The summed E-state index contributed by atoms with van der Waals surface area (Å²) in [7, 11) is 0. The van der Waals surface area contributed by atoms with Gasteiger partial charge in [0.05, 0.1) is 12.0 Å². The fourth-order valence-corrected chi connectivity index (χ4v) is 3.86. The molecule has 0 unspecified atom stereocenters. The van der Waals surface area contributed by atoms with Crippen LogP contribution in [0.25, 0.3) is 0 Å². The number of carbonyl (C=O) groups excluding carboxylic acids is 1. The van der Waals surface area contributed by atoms with Crippen molar-refractivity contribution < 1.29 is 14.7 Å². The van der Waals surface area contributed by atoms with Gasteiger partial charge in [0.25, 0.3) is 0 Å². The molecule has 2 aliphatic rings. The molecule has 2 fully saturated rings. The molecular weight excluding hydrogens is 254 g/mol. The lowest BCUT2D eigenvalue weighted by Crippen LogP contribution is -2.51. The zero-order chi connectivity index (χ0) is 14.4. The molecule has 0 atom stereocenters. The summed E-state index contributed by atoms with van der Waals surface area (Å²) in [6.07, 6.45) is 11.6. The highest BCUT2D eigenvalue weighted by atomic mass is 16.4. The molecule has 0 aromatic rings. The highest BCUT2D eigenvalue weighted by Gasteiger charge is 2.36. The maximum absolute atomic E-state index is 12.3. The molecular formula is C16H27NO3. The molecule has 0 aromatic carbocycles. The van der Waals surface area contributed by atoms with Crippen molar-refractivity contribution >= 4 is 11.9 Å². The lowest BCUT2D eigenvalue weighted by molar-refractivity contribution is -0.139. The monoisotopic (exact) mass is 281 g/mol. The Morgan fingerprint density at radius 2 is 1.60 bits per heavy atom. The molecule has 0 aromatic heterocycles. The van der Waals surface area contributed by atoms with Gasteiger partial charge in [0.1, 0.15) is 0 Å². The molecule has 0 saturated heterocycles. The summed E-state index contributed by atoms with van der Waals surface area (Å²) in [5.74, 6) is -0.223. The van der Waals surface area contributed by atoms with E-state index in [0.717, 1.165) is 44.9 Å². The van der Waals surface area contributed by atoms with Gasteiger partial charge in [-0.15, -0.1) is 0 Å². The third-order valence-corrected chi connectivity index (χ3v) is 4.90. The van der Waals surface area contributed by atoms with Crippen LogP contribution in [-0.2, 0) is 9.59 Å². The fraction of sp³-hybridized carbons (Fsp3) is 0.875. The van der Waals surface area contributed by atoms with Crippen LogP contribution in [0.1, 0.15) is 77.0 Å². The molecule has 2 aliphatic carbocycles. The van der Waals surface area contributed by atoms with Crippen molar-refractivity contribution in [3.8, 4) is 0 Å². The van der Waals surface area contributed by atoms with Gasteiger partial charge in [0.2, 0.25) is 5.91 Å². The van der Waals surface area contributed by atoms with Gasteiger partial charge in [-0.3, -0.25) is 9.59 Å². The van der Waals surface area contributed by atoms with Crippen LogP contribution >= 0.6 is 0 Å². The number of aliphatic carboxylic acids is 1. The molecule has 0 spiro atoms. The molecule has 1 amide bonds. The van der Waals surface area contributed by atoms with Crippen LogP contribution in [0.2, 0.25) is 0 Å². The van der Waals surface area contributed by atoms with Crippen molar-refractivity contribution in [3.05, 3.63) is 0 Å². The predicted molar refractivity (Wildman–Crippen MR) is 77.4 cm³/mol. The quantitative estimate of drug-likeness (QED) is 0.813. The number of amides is 1. The number of carboxylic acids is 1. The third kappa shape index (κ3) is 4.50. The van der Waals surface area contributed by atoms with E-state index >= 15 is 0 Å². The van der Waals surface area contributed by atoms with Gasteiger partial charge < -0.3 is 10.4 Å². The first-order valence-corrected chi connectivity index (χ1v) is 8.12. The van der Waals surface area contributed by atoms with Crippen LogP contribution in [-0.4, -0.2) is 22.5 Å². The SMILES string of the molecule is O=C(O)CC1(NC(=O)CC2CCCCC2)CCCCC1. The molecule has 0 radical (unpaired) electrons. The number of rotatable bonds is 5. The van der Waals surface area contributed by atoms with Crippen molar-refractivity contribution in [1.82, 2.24) is 5.32 Å². The van der Waals surface area contributed by atoms with Crippen molar-refractivity contribution in [2.45, 2.75) is 82.6 Å². The van der Waals surface area contributed by atoms with Gasteiger partial charge in [-0.25, -0.2) is 0 Å². The Morgan fingerprint density at radius 1 is 1.00 bits per heavy atom. The smallest absolute Gasteiger partial charge is 0.305 e. The van der Waals surface area contributed by atoms with Crippen LogP contribution in [0.15, 0.2) is 0 Å². The van der Waals surface area contributed by atoms with Gasteiger partial charge in [0.15, 0.2) is 0 Å². The minimum Gasteiger partial charge on any atom is -0.481 e. The maximum atomic E-state index is 12.3. The second-order valence-corrected chi connectivity index (χ2v) is 6.67. The van der Waals surface area contributed by atoms with E-state index in [2.05, 4.69) is 5.32 Å². The molecule has 20 heavy (non-hydrogen) atoms. The van der Waals surface area contributed by atoms with Crippen molar-refractivity contribution in [2.75, 3.05) is 0 Å². The second-order valence-electron chi connectivity index (χ2n) is 6.67. The van der Waals surface area contributed by atoms with E-state index in [4.69, 9.17) is 5.11 Å². The Balaban J connectivity index is 1.89. The zero-order valence-electron chi connectivity index (χ0n) is 12.3. The van der Waals surface area contributed by atoms with Crippen molar-refractivity contribution in [1.29, 1.82) is 0 Å². The van der Waals surface area contributed by atoms with Gasteiger partial charge in [-0.2, -0.15) is 0 Å². The second kappa shape index (κ2) is 7.09. The molecule has 0 bridgehead atoms. The summed E-state index contributed by atoms with van der Waals surface area (Å²) in [6, 6.07) is 0. The molecule has 0 aliphatic heterocycles. The van der Waals surface area contributed by atoms with Crippen molar-refractivity contribution in [2.24, 2.45) is 5.92 Å². The van der Waals surface area contributed by atoms with Crippen LogP contribution < -0.4 is 5.32 Å². The highest BCUT2D eigenvalue weighted by Crippen LogP contribution is 2.32. The van der Waals surface area contributed by atoms with E-state index in [-0.39, 0.29) is 12.3 Å². The Bertz CT molecular complexity index is 342. The van der Waals surface area contributed by atoms with Crippen LogP contribution in [0.5, 0.6) is 0 Å². The van der Waals surface area contributed by atoms with Gasteiger partial charge in [0, 0.05) is 6.42 Å². The molecule has 4 nitrogen and oxygen atoms in total. The summed E-state index contributed by atoms with van der Waals surface area (Å²) in [6.45, 7) is 0. The number of hydrogen-bond acceptors (Lipinski definition) is 2. The van der Waals surface area contributed by atoms with Crippen LogP contribution in [0, 0.1) is 5.92 Å². The summed E-state index contributed by atoms with van der Waals surface area (Å²) in [5, 5.41) is 12.2. The summed E-state index contributed by atoms with van der Waals surface area (Å²) >= 11 is 0. The average Bonchev–Trinajstić information content (AvgIpc) is 2.39. The Labute approximate surface area is 121 Å². The minimum atomic E-state index is -0.801. The number of hydrogen-bond donors (Lipinski definition) is 2. The maximum Gasteiger partial charge on any atom is 0.305 e. The molecule has 2 N–H and O–H groups in total. The largest absolute Gasteiger partial charge is 0.481 e. The Hall–Kier alpha value is -1.06. The minimum absolute atomic E-state index is 0.0695. The molecule has 2 rings (SSSR count). The van der Waals surface area contributed by atoms with Gasteiger partial charge >= 0.3 is 5.97 Å². The van der Waals surface area contributed by atoms with Gasteiger partial charge in [-0.05, 0) is 31.6 Å². The third-order valence-electron chi connectivity index (χ3n) is 4.90. The van der Waals surface area contributed by atoms with E-state index in [0.29, 0.717) is 12.3 Å². The molecule has 4 heteroatoms. The topological polar surface area (TPSA) is 66.4 Å². The van der Waals surface area contributed by atoms with Gasteiger partial charge in [-0.1, -0.05) is 38.5 Å². The van der Waals surface area contributed by atoms with E-state index < -0.39 is 11.5 Å². The summed E-state index contributed by atoms with van der Waals surface area (Å²) < 4.78 is 0. The summed E-state index contributed by atoms with van der Waals surface area (Å²) in [5.41, 5.74) is -0.476. The lowest BCUT2D eigenvalue weighted by Gasteiger charge is -2.37. The lowest BCUT2D eigenvalue weighted by atomic mass is 9.78. The van der Waals surface area contributed by atoms with E-state index in [1.54, 1.807) is 0 Å². The van der Waals surface area contributed by atoms with E-state index in [1.165, 1.54) is 19.3 Å². The number of nitrogens with one attached hydrogen (secondary N) is 1. The molecule has 2 saturated carbocycles. The number of carboxylic acid groups (broad SMARTS) is 1. The van der Waals surface area contributed by atoms with Crippen molar-refractivity contribution in [3.63, 3.8) is 0 Å². The fourth-order valence-electron chi connectivity index (χ4n) is 3.86. The number of carbonyl (C=O) groups is 2. The standard InChI is InChI=1S/C16H27NO3/c18-14(11-13-7-3-1-4-8-13)17-16(12-15(19)20)9-5-2-6-10-16/h13H,1-12H2,(H,17,18)(H,19,20). The summed E-state index contributed by atoms with van der Waals surface area (Å²) in [4.78, 5) is 23.4. The van der Waals surface area contributed by atoms with Crippen LogP contribution in [0.3, 0.4) is 0 Å². The Morgan fingerprint density at radius 3 is 2.20 bits per heavy atom. The first kappa shape index (κ1) is 15.3. The normalized spacial score (nSPS) is 23.2. The highest BCUT2D eigenvalue weighted by molar-refractivity contribution is 5.78. The van der Waals surface area contributed by atoms with E-state index in [1.807, 2.05) is 0 Å².